The Kier molecular flexibility index (Phi) is 7.52. The molecule has 152 valence electrons. The molecule has 0 bridgehead atoms. The second kappa shape index (κ2) is 9.85. The Morgan fingerprint density at radius 2 is 2.11 bits per heavy atom. The van der Waals surface area contributed by atoms with Crippen molar-refractivity contribution in [3.63, 3.8) is 0 Å². The summed E-state index contributed by atoms with van der Waals surface area (Å²) in [5.41, 5.74) is -0.278. The Bertz CT molecular complexity index is 911. The van der Waals surface area contributed by atoms with Crippen molar-refractivity contribution in [2.45, 2.75) is 31.2 Å². The molecule has 11 heteroatoms. The number of sulfonamides is 1. The highest BCUT2D eigenvalue weighted by atomic mass is 32.2. The molecule has 1 aromatic carbocycles. The maximum Gasteiger partial charge on any atom is 0.321 e. The average molecular weight is 411 g/mol. The lowest BCUT2D eigenvalue weighted by Crippen LogP contribution is -2.31. The standard InChI is InChI=1S/C17H21N3O7S/c1-2-3-8-27-17(21)12-19-28(24,25)14-6-7-15(16(10-14)20(22)23)18-11-13-5-4-9-26-13/h4-7,9-10,18-19H,2-3,8,11-12H2,1H3. The van der Waals surface area contributed by atoms with Gasteiger partial charge >= 0.3 is 5.97 Å². The number of nitrogens with one attached hydrogen (secondary N) is 2. The van der Waals surface area contributed by atoms with Gasteiger partial charge in [-0.3, -0.25) is 14.9 Å². The molecule has 0 fully saturated rings. The zero-order chi connectivity index (χ0) is 20.6. The van der Waals surface area contributed by atoms with Gasteiger partial charge in [0.1, 0.15) is 18.0 Å². The van der Waals surface area contributed by atoms with Gasteiger partial charge in [0.15, 0.2) is 0 Å². The van der Waals surface area contributed by atoms with E-state index in [1.54, 1.807) is 12.1 Å². The zero-order valence-corrected chi connectivity index (χ0v) is 16.0. The average Bonchev–Trinajstić information content (AvgIpc) is 3.18. The number of esters is 1. The van der Waals surface area contributed by atoms with Crippen LogP contribution in [0.3, 0.4) is 0 Å². The first-order chi connectivity index (χ1) is 13.3. The lowest BCUT2D eigenvalue weighted by atomic mass is 10.2. The molecule has 0 amide bonds. The Hall–Kier alpha value is -2.92. The summed E-state index contributed by atoms with van der Waals surface area (Å²) < 4.78 is 36.7. The van der Waals surface area contributed by atoms with E-state index < -0.39 is 33.1 Å². The lowest BCUT2D eigenvalue weighted by Gasteiger charge is -2.09. The van der Waals surface area contributed by atoms with E-state index in [0.29, 0.717) is 12.2 Å². The summed E-state index contributed by atoms with van der Waals surface area (Å²) in [5.74, 6) is -0.155. The first-order valence-corrected chi connectivity index (χ1v) is 10.0. The van der Waals surface area contributed by atoms with E-state index in [0.717, 1.165) is 12.5 Å². The molecule has 0 unspecified atom stereocenters. The molecule has 28 heavy (non-hydrogen) atoms. The number of nitrogens with zero attached hydrogens (tertiary/aromatic N) is 1. The molecule has 0 saturated carbocycles. The number of ether oxygens (including phenoxy) is 1. The van der Waals surface area contributed by atoms with E-state index >= 15 is 0 Å². The van der Waals surface area contributed by atoms with Gasteiger partial charge < -0.3 is 14.5 Å². The predicted molar refractivity (Wildman–Crippen MR) is 100 cm³/mol. The molecule has 0 saturated heterocycles. The van der Waals surface area contributed by atoms with Gasteiger partial charge in [-0.15, -0.1) is 0 Å². The molecule has 0 atom stereocenters. The van der Waals surface area contributed by atoms with Crippen molar-refractivity contribution < 1.29 is 27.3 Å². The molecule has 0 aliphatic rings. The molecule has 1 aromatic heterocycles. The molecule has 2 N–H and O–H groups in total. The lowest BCUT2D eigenvalue weighted by molar-refractivity contribution is -0.384. The summed E-state index contributed by atoms with van der Waals surface area (Å²) in [5, 5.41) is 14.2. The Morgan fingerprint density at radius 3 is 2.75 bits per heavy atom. The van der Waals surface area contributed by atoms with Gasteiger partial charge in [0.05, 0.1) is 29.2 Å². The van der Waals surface area contributed by atoms with Crippen molar-refractivity contribution in [3.05, 3.63) is 52.5 Å². The summed E-state index contributed by atoms with van der Waals surface area (Å²) in [6, 6.07) is 6.80. The molecule has 1 heterocycles. The maximum absolute atomic E-state index is 12.3. The monoisotopic (exact) mass is 411 g/mol. The smallest absolute Gasteiger partial charge is 0.321 e. The number of furan rings is 1. The molecule has 2 aromatic rings. The number of nitro benzene ring substituents is 1. The van der Waals surface area contributed by atoms with Crippen molar-refractivity contribution in [1.29, 1.82) is 0 Å². The third kappa shape index (κ3) is 6.06. The highest BCUT2D eigenvalue weighted by Crippen LogP contribution is 2.28. The zero-order valence-electron chi connectivity index (χ0n) is 15.2. The number of anilines is 1. The maximum atomic E-state index is 12.3. The number of carbonyl (C=O) groups excluding carboxylic acids is 1. The third-order valence-corrected chi connectivity index (χ3v) is 5.08. The Balaban J connectivity index is 2.08. The molecule has 2 rings (SSSR count). The fourth-order valence-electron chi connectivity index (χ4n) is 2.19. The van der Waals surface area contributed by atoms with E-state index in [-0.39, 0.29) is 23.7 Å². The molecular weight excluding hydrogens is 390 g/mol. The van der Waals surface area contributed by atoms with E-state index in [9.17, 15) is 23.3 Å². The van der Waals surface area contributed by atoms with Gasteiger partial charge in [0.25, 0.3) is 5.69 Å². The second-order valence-electron chi connectivity index (χ2n) is 5.77. The summed E-state index contributed by atoms with van der Waals surface area (Å²) >= 11 is 0. The van der Waals surface area contributed by atoms with E-state index in [1.807, 2.05) is 6.92 Å². The minimum Gasteiger partial charge on any atom is -0.467 e. The molecule has 0 aliphatic heterocycles. The number of benzene rings is 1. The SMILES string of the molecule is CCCCOC(=O)CNS(=O)(=O)c1ccc(NCc2ccco2)c([N+](=O)[O-])c1. The van der Waals surface area contributed by atoms with Gasteiger partial charge in [0, 0.05) is 6.07 Å². The van der Waals surface area contributed by atoms with E-state index in [4.69, 9.17) is 9.15 Å². The molecule has 0 aliphatic carbocycles. The van der Waals surface area contributed by atoms with Gasteiger partial charge in [-0.05, 0) is 30.7 Å². The number of rotatable bonds is 11. The first-order valence-electron chi connectivity index (χ1n) is 8.53. The highest BCUT2D eigenvalue weighted by molar-refractivity contribution is 7.89. The van der Waals surface area contributed by atoms with Crippen LogP contribution < -0.4 is 10.0 Å². The largest absolute Gasteiger partial charge is 0.467 e. The van der Waals surface area contributed by atoms with Crippen molar-refractivity contribution >= 4 is 27.4 Å². The van der Waals surface area contributed by atoms with Crippen LogP contribution in [0.1, 0.15) is 25.5 Å². The van der Waals surface area contributed by atoms with Crippen LogP contribution in [0.25, 0.3) is 0 Å². The van der Waals surface area contributed by atoms with Gasteiger partial charge in [0.2, 0.25) is 10.0 Å². The van der Waals surface area contributed by atoms with E-state index in [1.165, 1.54) is 18.4 Å². The van der Waals surface area contributed by atoms with Crippen LogP contribution in [0.2, 0.25) is 0 Å². The van der Waals surface area contributed by atoms with Gasteiger partial charge in [-0.1, -0.05) is 13.3 Å². The van der Waals surface area contributed by atoms with Crippen molar-refractivity contribution in [2.24, 2.45) is 0 Å². The number of carbonyl (C=O) groups is 1. The van der Waals surface area contributed by atoms with Gasteiger partial charge in [-0.2, -0.15) is 4.72 Å². The summed E-state index contributed by atoms with van der Waals surface area (Å²) in [4.78, 5) is 21.9. The van der Waals surface area contributed by atoms with E-state index in [2.05, 4.69) is 10.0 Å². The topological polar surface area (TPSA) is 141 Å². The molecular formula is C17H21N3O7S. The normalized spacial score (nSPS) is 11.2. The Morgan fingerprint density at radius 1 is 1.32 bits per heavy atom. The third-order valence-electron chi connectivity index (χ3n) is 3.68. The number of unbranched alkanes of at least 4 members (excludes halogenated alkanes) is 1. The van der Waals surface area contributed by atoms with Crippen molar-refractivity contribution in [1.82, 2.24) is 4.72 Å². The number of hydrogen-bond acceptors (Lipinski definition) is 8. The fourth-order valence-corrected chi connectivity index (χ4v) is 3.18. The molecule has 10 nitrogen and oxygen atoms in total. The summed E-state index contributed by atoms with van der Waals surface area (Å²) in [6.45, 7) is 1.77. The van der Waals surface area contributed by atoms with Crippen LogP contribution in [-0.4, -0.2) is 32.5 Å². The van der Waals surface area contributed by atoms with Gasteiger partial charge in [-0.25, -0.2) is 8.42 Å². The fraction of sp³-hybridized carbons (Fsp3) is 0.353. The number of hydrogen-bond donors (Lipinski definition) is 2. The van der Waals surface area contributed by atoms with Crippen LogP contribution >= 0.6 is 0 Å². The van der Waals surface area contributed by atoms with Crippen molar-refractivity contribution in [2.75, 3.05) is 18.5 Å². The summed E-state index contributed by atoms with van der Waals surface area (Å²) in [7, 11) is -4.12. The quantitative estimate of drug-likeness (QED) is 0.249. The van der Waals surface area contributed by atoms with Crippen LogP contribution in [0, 0.1) is 10.1 Å². The number of nitro groups is 1. The predicted octanol–water partition coefficient (Wildman–Crippen LogP) is 2.42. The minimum absolute atomic E-state index is 0.138. The van der Waals surface area contributed by atoms with Crippen LogP contribution in [0.4, 0.5) is 11.4 Å². The first kappa shape index (κ1) is 21.4. The highest BCUT2D eigenvalue weighted by Gasteiger charge is 2.22. The van der Waals surface area contributed by atoms with Crippen LogP contribution in [0.5, 0.6) is 0 Å². The molecule has 0 spiro atoms. The molecule has 0 radical (unpaired) electrons. The Labute approximate surface area is 162 Å². The minimum atomic E-state index is -4.12. The van der Waals surface area contributed by atoms with Crippen LogP contribution in [0.15, 0.2) is 45.9 Å². The summed E-state index contributed by atoms with van der Waals surface area (Å²) in [6.07, 6.45) is 2.99. The van der Waals surface area contributed by atoms with Crippen molar-refractivity contribution in [3.8, 4) is 0 Å². The second-order valence-corrected chi connectivity index (χ2v) is 7.53. The van der Waals surface area contributed by atoms with Crippen LogP contribution in [-0.2, 0) is 26.1 Å².